The Morgan fingerprint density at radius 2 is 1.79 bits per heavy atom. The largest absolute Gasteiger partial charge is 0.496 e. The number of carbonyl (C=O) groups is 1. The molecule has 3 rings (SSSR count). The molecule has 0 unspecified atom stereocenters. The highest BCUT2D eigenvalue weighted by Gasteiger charge is 2.20. The smallest absolute Gasteiger partial charge is 0.275 e. The van der Waals surface area contributed by atoms with Gasteiger partial charge in [-0.05, 0) is 53.3 Å². The summed E-state index contributed by atoms with van der Waals surface area (Å²) in [6.45, 7) is 4.23. The second-order valence-electron chi connectivity index (χ2n) is 7.01. The number of amidine groups is 1. The second kappa shape index (κ2) is 8.74. The average Bonchev–Trinajstić information content (AvgIpc) is 3.05. The van der Waals surface area contributed by atoms with Gasteiger partial charge in [0.25, 0.3) is 5.91 Å². The zero-order chi connectivity index (χ0) is 20.1. The number of amides is 1. The van der Waals surface area contributed by atoms with Gasteiger partial charge in [-0.25, -0.2) is 4.99 Å². The number of hydrogen-bond acceptors (Lipinski definition) is 4. The molecule has 1 aliphatic heterocycles. The molecule has 0 aromatic heterocycles. The van der Waals surface area contributed by atoms with Crippen LogP contribution in [-0.4, -0.2) is 26.0 Å². The maximum absolute atomic E-state index is 12.3. The van der Waals surface area contributed by atoms with Crippen molar-refractivity contribution in [2.45, 2.75) is 32.6 Å². The first kappa shape index (κ1) is 19.7. The molecule has 0 saturated heterocycles. The first-order valence-electron chi connectivity index (χ1n) is 9.42. The SMILES string of the molecule is COc1ccccc1CCC1=N/C(=C/c2ccc(OC)c(C(C)C)c2)C(=O)N1. The van der Waals surface area contributed by atoms with Crippen LogP contribution in [0.25, 0.3) is 6.08 Å². The number of benzene rings is 2. The van der Waals surface area contributed by atoms with Crippen molar-refractivity contribution in [3.05, 3.63) is 64.9 Å². The number of aliphatic imine (C=N–C) groups is 1. The van der Waals surface area contributed by atoms with Gasteiger partial charge in [0.2, 0.25) is 0 Å². The number of hydrogen-bond donors (Lipinski definition) is 1. The summed E-state index contributed by atoms with van der Waals surface area (Å²) in [5.74, 6) is 2.54. The number of nitrogens with one attached hydrogen (secondary N) is 1. The number of para-hydroxylation sites is 1. The minimum atomic E-state index is -0.169. The molecule has 1 N–H and O–H groups in total. The summed E-state index contributed by atoms with van der Waals surface area (Å²) in [6, 6.07) is 13.8. The van der Waals surface area contributed by atoms with Gasteiger partial charge >= 0.3 is 0 Å². The van der Waals surface area contributed by atoms with Crippen LogP contribution in [0.2, 0.25) is 0 Å². The quantitative estimate of drug-likeness (QED) is 0.730. The molecule has 0 bridgehead atoms. The maximum Gasteiger partial charge on any atom is 0.275 e. The van der Waals surface area contributed by atoms with E-state index in [2.05, 4.69) is 24.2 Å². The number of methoxy groups -OCH3 is 2. The summed E-state index contributed by atoms with van der Waals surface area (Å²) in [6.07, 6.45) is 3.20. The van der Waals surface area contributed by atoms with Gasteiger partial charge in [0.1, 0.15) is 23.0 Å². The lowest BCUT2D eigenvalue weighted by Gasteiger charge is -2.12. The van der Waals surface area contributed by atoms with Crippen molar-refractivity contribution in [3.8, 4) is 11.5 Å². The van der Waals surface area contributed by atoms with E-state index >= 15 is 0 Å². The van der Waals surface area contributed by atoms with E-state index in [1.807, 2.05) is 48.5 Å². The molecule has 0 saturated carbocycles. The Balaban J connectivity index is 1.77. The molecule has 5 heteroatoms. The van der Waals surface area contributed by atoms with Crippen LogP contribution in [0.3, 0.4) is 0 Å². The molecule has 0 radical (unpaired) electrons. The lowest BCUT2D eigenvalue weighted by molar-refractivity contribution is -0.115. The summed E-state index contributed by atoms with van der Waals surface area (Å²) in [4.78, 5) is 16.8. The van der Waals surface area contributed by atoms with E-state index in [1.165, 1.54) is 0 Å². The second-order valence-corrected chi connectivity index (χ2v) is 7.01. The number of ether oxygens (including phenoxy) is 2. The van der Waals surface area contributed by atoms with Crippen molar-refractivity contribution in [3.63, 3.8) is 0 Å². The fourth-order valence-electron chi connectivity index (χ4n) is 3.25. The van der Waals surface area contributed by atoms with Gasteiger partial charge in [0.15, 0.2) is 0 Å². The lowest BCUT2D eigenvalue weighted by atomic mass is 9.99. The van der Waals surface area contributed by atoms with Crippen molar-refractivity contribution in [2.24, 2.45) is 4.99 Å². The van der Waals surface area contributed by atoms with Gasteiger partial charge in [-0.15, -0.1) is 0 Å². The average molecular weight is 378 g/mol. The Kier molecular flexibility index (Phi) is 6.14. The van der Waals surface area contributed by atoms with Crippen molar-refractivity contribution in [1.82, 2.24) is 5.32 Å². The van der Waals surface area contributed by atoms with Crippen LogP contribution in [-0.2, 0) is 11.2 Å². The minimum absolute atomic E-state index is 0.169. The highest BCUT2D eigenvalue weighted by Crippen LogP contribution is 2.28. The third kappa shape index (κ3) is 4.42. The zero-order valence-electron chi connectivity index (χ0n) is 16.8. The monoisotopic (exact) mass is 378 g/mol. The third-order valence-corrected chi connectivity index (χ3v) is 4.75. The lowest BCUT2D eigenvalue weighted by Crippen LogP contribution is -2.24. The fourth-order valence-corrected chi connectivity index (χ4v) is 3.25. The van der Waals surface area contributed by atoms with Crippen molar-refractivity contribution in [2.75, 3.05) is 14.2 Å². The predicted octanol–water partition coefficient (Wildman–Crippen LogP) is 4.33. The van der Waals surface area contributed by atoms with E-state index in [9.17, 15) is 4.79 Å². The molecule has 5 nitrogen and oxygen atoms in total. The molecule has 28 heavy (non-hydrogen) atoms. The maximum atomic E-state index is 12.3. The number of nitrogens with zero attached hydrogens (tertiary/aromatic N) is 1. The molecule has 1 amide bonds. The Hall–Kier alpha value is -3.08. The van der Waals surface area contributed by atoms with E-state index in [4.69, 9.17) is 9.47 Å². The van der Waals surface area contributed by atoms with Gasteiger partial charge in [0.05, 0.1) is 14.2 Å². The first-order chi connectivity index (χ1) is 13.5. The summed E-state index contributed by atoms with van der Waals surface area (Å²) in [5.41, 5.74) is 3.56. The third-order valence-electron chi connectivity index (χ3n) is 4.75. The van der Waals surface area contributed by atoms with E-state index < -0.39 is 0 Å². The van der Waals surface area contributed by atoms with Crippen LogP contribution in [0.4, 0.5) is 0 Å². The van der Waals surface area contributed by atoms with Gasteiger partial charge in [-0.3, -0.25) is 4.79 Å². The van der Waals surface area contributed by atoms with Crippen molar-refractivity contribution < 1.29 is 14.3 Å². The molecular formula is C23H26N2O3. The van der Waals surface area contributed by atoms with Gasteiger partial charge in [0, 0.05) is 6.42 Å². The van der Waals surface area contributed by atoms with E-state index in [1.54, 1.807) is 14.2 Å². The van der Waals surface area contributed by atoms with E-state index in [-0.39, 0.29) is 5.91 Å². The number of carbonyl (C=O) groups excluding carboxylic acids is 1. The molecular weight excluding hydrogens is 352 g/mol. The van der Waals surface area contributed by atoms with Crippen LogP contribution in [0, 0.1) is 0 Å². The molecule has 0 atom stereocenters. The van der Waals surface area contributed by atoms with Crippen molar-refractivity contribution >= 4 is 17.8 Å². The highest BCUT2D eigenvalue weighted by molar-refractivity contribution is 6.14. The minimum Gasteiger partial charge on any atom is -0.496 e. The van der Waals surface area contributed by atoms with Crippen LogP contribution < -0.4 is 14.8 Å². The molecule has 2 aromatic rings. The molecule has 0 spiro atoms. The van der Waals surface area contributed by atoms with E-state index in [0.29, 0.717) is 23.9 Å². The predicted molar refractivity (Wildman–Crippen MR) is 112 cm³/mol. The topological polar surface area (TPSA) is 59.9 Å². The Bertz CT molecular complexity index is 929. The zero-order valence-corrected chi connectivity index (χ0v) is 16.8. The number of rotatable bonds is 7. The number of aryl methyl sites for hydroxylation is 1. The molecule has 0 fully saturated rings. The highest BCUT2D eigenvalue weighted by atomic mass is 16.5. The summed E-state index contributed by atoms with van der Waals surface area (Å²) >= 11 is 0. The van der Waals surface area contributed by atoms with Crippen LogP contribution in [0.5, 0.6) is 11.5 Å². The molecule has 0 aliphatic carbocycles. The van der Waals surface area contributed by atoms with Gasteiger partial charge in [-0.1, -0.05) is 38.1 Å². The summed E-state index contributed by atoms with van der Waals surface area (Å²) < 4.78 is 10.8. The van der Waals surface area contributed by atoms with E-state index in [0.717, 1.165) is 34.6 Å². The van der Waals surface area contributed by atoms with Crippen LogP contribution in [0.1, 0.15) is 42.9 Å². The molecule has 1 heterocycles. The Morgan fingerprint density at radius 3 is 2.50 bits per heavy atom. The molecule has 146 valence electrons. The van der Waals surface area contributed by atoms with Crippen LogP contribution >= 0.6 is 0 Å². The van der Waals surface area contributed by atoms with Crippen LogP contribution in [0.15, 0.2) is 53.2 Å². The molecule has 1 aliphatic rings. The summed E-state index contributed by atoms with van der Waals surface area (Å²) in [5, 5.41) is 2.87. The standard InChI is InChI=1S/C23H26N2O3/c1-15(2)18-13-16(9-11-21(18)28-4)14-19-23(26)25-22(24-19)12-10-17-7-5-6-8-20(17)27-3/h5-9,11,13-15H,10,12H2,1-4H3,(H,24,25,26)/b19-14+. The Labute approximate surface area is 166 Å². The van der Waals surface area contributed by atoms with Gasteiger partial charge in [-0.2, -0.15) is 0 Å². The molecule has 2 aromatic carbocycles. The normalized spacial score (nSPS) is 15.0. The first-order valence-corrected chi connectivity index (χ1v) is 9.42. The van der Waals surface area contributed by atoms with Gasteiger partial charge < -0.3 is 14.8 Å². The Morgan fingerprint density at radius 1 is 1.04 bits per heavy atom. The summed E-state index contributed by atoms with van der Waals surface area (Å²) in [7, 11) is 3.33. The fraction of sp³-hybridized carbons (Fsp3) is 0.304. The van der Waals surface area contributed by atoms with Crippen molar-refractivity contribution in [1.29, 1.82) is 0 Å².